The van der Waals surface area contributed by atoms with Crippen LogP contribution in [0.4, 0.5) is 0 Å². The summed E-state index contributed by atoms with van der Waals surface area (Å²) < 4.78 is 12.2. The van der Waals surface area contributed by atoms with Crippen molar-refractivity contribution < 1.29 is 39.5 Å². The summed E-state index contributed by atoms with van der Waals surface area (Å²) in [6.45, 7) is 6.08. The molecule has 5 rings (SSSR count). The van der Waals surface area contributed by atoms with E-state index in [1.54, 1.807) is 11.0 Å². The summed E-state index contributed by atoms with van der Waals surface area (Å²) in [5, 5.41) is 46.6. The number of likely N-dealkylation sites (N-methyl/N-ethyl adjacent to an activating group) is 1. The fraction of sp³-hybridized carbons (Fsp3) is 0.600. The molecule has 5 atom stereocenters. The average Bonchev–Trinajstić information content (AvgIpc) is 3.66. The van der Waals surface area contributed by atoms with Gasteiger partial charge >= 0.3 is 0 Å². The van der Waals surface area contributed by atoms with Gasteiger partial charge in [0.15, 0.2) is 5.60 Å². The molecule has 46 heavy (non-hydrogen) atoms. The minimum Gasteiger partial charge on any atom is -0.387 e. The van der Waals surface area contributed by atoms with Gasteiger partial charge in [0.25, 0.3) is 0 Å². The van der Waals surface area contributed by atoms with E-state index in [-0.39, 0.29) is 12.5 Å². The summed E-state index contributed by atoms with van der Waals surface area (Å²) in [6.07, 6.45) is 0.122. The second-order valence-corrected chi connectivity index (χ2v) is 14.1. The maximum atomic E-state index is 12.7. The first kappa shape index (κ1) is 34.4. The van der Waals surface area contributed by atoms with Gasteiger partial charge in [0.05, 0.1) is 12.2 Å². The maximum Gasteiger partial charge on any atom is 0.225 e. The van der Waals surface area contributed by atoms with Crippen molar-refractivity contribution >= 4 is 12.3 Å². The van der Waals surface area contributed by atoms with E-state index >= 15 is 0 Å². The van der Waals surface area contributed by atoms with Crippen molar-refractivity contribution in [3.05, 3.63) is 70.3 Å². The second-order valence-electron chi connectivity index (χ2n) is 14.1. The minimum atomic E-state index is -1.74. The topological polar surface area (TPSA) is 152 Å². The largest absolute Gasteiger partial charge is 0.387 e. The van der Waals surface area contributed by atoms with Crippen molar-refractivity contribution in [2.24, 2.45) is 0 Å². The number of aliphatic hydroxyl groups is 4. The number of hydrogen-bond donors (Lipinski definition) is 5. The summed E-state index contributed by atoms with van der Waals surface area (Å²) in [6, 6.07) is 13.8. The van der Waals surface area contributed by atoms with Crippen molar-refractivity contribution in [1.82, 2.24) is 15.1 Å². The van der Waals surface area contributed by atoms with Gasteiger partial charge < -0.3 is 45.0 Å². The maximum absolute atomic E-state index is 12.7. The number of amides is 2. The van der Waals surface area contributed by atoms with Gasteiger partial charge in [0, 0.05) is 25.1 Å². The minimum absolute atomic E-state index is 0.0409. The number of hydrogen-bond acceptors (Lipinski definition) is 9. The lowest BCUT2D eigenvalue weighted by Gasteiger charge is -2.50. The second kappa shape index (κ2) is 13.0. The van der Waals surface area contributed by atoms with E-state index in [1.807, 2.05) is 38.1 Å². The zero-order chi connectivity index (χ0) is 33.5. The lowest BCUT2D eigenvalue weighted by molar-refractivity contribution is -0.348. The summed E-state index contributed by atoms with van der Waals surface area (Å²) in [5.41, 5.74) is 0.977. The lowest BCUT2D eigenvalue weighted by atomic mass is 9.75. The predicted octanol–water partition coefficient (Wildman–Crippen LogP) is 1.34. The molecule has 2 amide bonds. The van der Waals surface area contributed by atoms with Crippen LogP contribution in [0.15, 0.2) is 42.5 Å². The number of aliphatic hydroxyl groups excluding tert-OH is 3. The monoisotopic (exact) mass is 639 g/mol. The number of nitrogens with zero attached hydrogens (tertiary/aromatic N) is 2. The van der Waals surface area contributed by atoms with Crippen LogP contribution in [-0.2, 0) is 37.7 Å². The number of fused-ring (bicyclic) bond motifs is 2. The third-order valence-electron chi connectivity index (χ3n) is 9.98. The number of rotatable bonds is 14. The zero-order valence-electron chi connectivity index (χ0n) is 27.5. The fourth-order valence-electron chi connectivity index (χ4n) is 6.66. The van der Waals surface area contributed by atoms with Crippen molar-refractivity contribution in [3.8, 4) is 0 Å². The molecule has 2 aromatic rings. The van der Waals surface area contributed by atoms with E-state index in [2.05, 4.69) is 29.6 Å². The molecule has 0 aromatic heterocycles. The first-order valence-electron chi connectivity index (χ1n) is 16.1. The molecule has 5 N–H and O–H groups in total. The van der Waals surface area contributed by atoms with Gasteiger partial charge in [0.1, 0.15) is 24.0 Å². The molecule has 0 spiro atoms. The number of ether oxygens (including phenoxy) is 2. The Hall–Kier alpha value is -2.90. The molecule has 252 valence electrons. The Morgan fingerprint density at radius 3 is 2.33 bits per heavy atom. The van der Waals surface area contributed by atoms with Crippen LogP contribution < -0.4 is 5.32 Å². The van der Waals surface area contributed by atoms with Gasteiger partial charge in [-0.2, -0.15) is 0 Å². The smallest absolute Gasteiger partial charge is 0.225 e. The van der Waals surface area contributed by atoms with Gasteiger partial charge in [-0.25, -0.2) is 0 Å². The van der Waals surface area contributed by atoms with E-state index in [0.717, 1.165) is 54.5 Å². The summed E-state index contributed by atoms with van der Waals surface area (Å²) >= 11 is 0. The zero-order valence-corrected chi connectivity index (χ0v) is 27.5. The molecule has 2 bridgehead atoms. The molecule has 1 saturated carbocycles. The van der Waals surface area contributed by atoms with Crippen molar-refractivity contribution in [3.63, 3.8) is 0 Å². The third-order valence-corrected chi connectivity index (χ3v) is 9.98. The van der Waals surface area contributed by atoms with Crippen LogP contribution in [-0.4, -0.2) is 112 Å². The highest BCUT2D eigenvalue weighted by molar-refractivity contribution is 5.77. The molecule has 2 heterocycles. The normalized spacial score (nSPS) is 28.3. The molecule has 0 unspecified atom stereocenters. The molecular weight excluding hydrogens is 590 g/mol. The standard InChI is InChI=1S/C35H49N3O8/c1-23-9-14-27(35-31(43)29(41)30(42)34(46-35,21-45-35)32(2,3)44)20-26(23)19-25-12-10-24(11-13-25)7-6-8-28(40)36-33(15-16-33)38(22-39)18-17-37(4)5/h9-14,20,22,29-31,41-44H,6-8,15-19,21H2,1-5H3,(H,36,40)/t29-,30-,31+,34-,35-/m0/s1. The van der Waals surface area contributed by atoms with Crippen molar-refractivity contribution in [2.75, 3.05) is 33.8 Å². The summed E-state index contributed by atoms with van der Waals surface area (Å²) in [7, 11) is 3.91. The van der Waals surface area contributed by atoms with Crippen LogP contribution in [0, 0.1) is 6.92 Å². The molecule has 2 aliphatic heterocycles. The molecular formula is C35H49N3O8. The molecule has 11 nitrogen and oxygen atoms in total. The average molecular weight is 640 g/mol. The molecule has 0 radical (unpaired) electrons. The van der Waals surface area contributed by atoms with Crippen molar-refractivity contribution in [2.45, 2.75) is 100 Å². The van der Waals surface area contributed by atoms with E-state index in [1.165, 1.54) is 13.8 Å². The molecule has 1 aliphatic carbocycles. The van der Waals surface area contributed by atoms with Gasteiger partial charge in [-0.1, -0.05) is 36.4 Å². The van der Waals surface area contributed by atoms with E-state index in [9.17, 15) is 30.0 Å². The van der Waals surface area contributed by atoms with Crippen LogP contribution >= 0.6 is 0 Å². The van der Waals surface area contributed by atoms with Crippen LogP contribution in [0.25, 0.3) is 0 Å². The summed E-state index contributed by atoms with van der Waals surface area (Å²) in [5.74, 6) is -1.78. The predicted molar refractivity (Wildman–Crippen MR) is 171 cm³/mol. The van der Waals surface area contributed by atoms with Crippen LogP contribution in [0.2, 0.25) is 0 Å². The quantitative estimate of drug-likeness (QED) is 0.152. The Balaban J connectivity index is 1.19. The number of carbonyl (C=O) groups is 2. The van der Waals surface area contributed by atoms with Crippen LogP contribution in [0.5, 0.6) is 0 Å². The van der Waals surface area contributed by atoms with Gasteiger partial charge in [-0.05, 0) is 95.3 Å². The Morgan fingerprint density at radius 1 is 1.04 bits per heavy atom. The van der Waals surface area contributed by atoms with Crippen molar-refractivity contribution in [1.29, 1.82) is 0 Å². The summed E-state index contributed by atoms with van der Waals surface area (Å²) in [4.78, 5) is 28.1. The Morgan fingerprint density at radius 2 is 1.72 bits per heavy atom. The third kappa shape index (κ3) is 6.47. The molecule has 3 aliphatic rings. The first-order chi connectivity index (χ1) is 21.7. The van der Waals surface area contributed by atoms with Gasteiger partial charge in [-0.3, -0.25) is 9.59 Å². The van der Waals surface area contributed by atoms with Gasteiger partial charge in [0.2, 0.25) is 18.1 Å². The molecule has 3 fully saturated rings. The number of carbonyl (C=O) groups excluding carboxylic acids is 2. The highest BCUT2D eigenvalue weighted by atomic mass is 16.8. The van der Waals surface area contributed by atoms with Gasteiger partial charge in [-0.15, -0.1) is 0 Å². The number of aryl methyl sites for hydroxylation is 2. The van der Waals surface area contributed by atoms with E-state index in [0.29, 0.717) is 31.4 Å². The van der Waals surface area contributed by atoms with Crippen LogP contribution in [0.3, 0.4) is 0 Å². The first-order valence-corrected chi connectivity index (χ1v) is 16.1. The van der Waals surface area contributed by atoms with E-state index < -0.39 is 41.0 Å². The number of nitrogens with one attached hydrogen (secondary N) is 1. The fourth-order valence-corrected chi connectivity index (χ4v) is 6.66. The van der Waals surface area contributed by atoms with E-state index in [4.69, 9.17) is 9.47 Å². The van der Waals surface area contributed by atoms with Crippen LogP contribution in [0.1, 0.15) is 67.3 Å². The Kier molecular flexibility index (Phi) is 9.70. The Bertz CT molecular complexity index is 1410. The molecule has 2 aromatic carbocycles. The number of benzene rings is 2. The highest BCUT2D eigenvalue weighted by Gasteiger charge is 2.71. The molecule has 11 heteroatoms. The lowest BCUT2D eigenvalue weighted by Crippen LogP contribution is -2.70. The SMILES string of the molecule is Cc1ccc([C@]23OC[C@](C(C)(C)O)(O2)[C@@H](O)[C@H](O)[C@H]3O)cc1Cc1ccc(CCCC(=O)NC2(N(C=O)CCN(C)C)CC2)cc1. The molecule has 2 saturated heterocycles. The Labute approximate surface area is 271 Å². The highest BCUT2D eigenvalue weighted by Crippen LogP contribution is 2.53.